The Bertz CT molecular complexity index is 5400. The first-order valence-electron chi connectivity index (χ1n) is 50.8. The second-order valence-electron chi connectivity index (χ2n) is 31.9. The van der Waals surface area contributed by atoms with E-state index in [2.05, 4.69) is 83.1 Å². The van der Waals surface area contributed by atoms with Gasteiger partial charge in [0.15, 0.2) is 117 Å². The molecule has 0 fully saturated rings. The number of aromatic nitrogens is 20. The average Bonchev–Trinajstić information content (AvgIpc) is 0.804. The summed E-state index contributed by atoms with van der Waals surface area (Å²) in [5, 5.41) is 0. The molecule has 123 heavy (non-hydrogen) atoms. The number of aromatic amines is 20. The molecule has 0 aromatic carbocycles. The van der Waals surface area contributed by atoms with Gasteiger partial charge < -0.3 is 0 Å². The summed E-state index contributed by atoms with van der Waals surface area (Å²) >= 11 is 0. The molecule has 660 valence electrons. The zero-order valence-corrected chi connectivity index (χ0v) is 83.9. The normalized spacial score (nSPS) is 12.1. The van der Waals surface area contributed by atoms with Crippen LogP contribution >= 0.6 is 0 Å². The maximum absolute atomic E-state index is 7.74. The van der Waals surface area contributed by atoms with E-state index in [0.29, 0.717) is 11.6 Å². The summed E-state index contributed by atoms with van der Waals surface area (Å²) in [6, 6.07) is 4.07. The number of hydrogen-bond donors (Lipinski definition) is 0. The van der Waals surface area contributed by atoms with Crippen LogP contribution in [-0.4, -0.2) is 0 Å². The number of aryl methyl sites for hydroxylation is 11. The minimum absolute atomic E-state index is 0.605. The number of rotatable bonds is 0. The highest BCUT2D eigenvalue weighted by atomic mass is 14.9. The van der Waals surface area contributed by atoms with Gasteiger partial charge in [0.05, 0.1) is 36.1 Å². The van der Waals surface area contributed by atoms with Gasteiger partial charge in [0.1, 0.15) is 0 Å². The van der Waals surface area contributed by atoms with E-state index in [4.69, 9.17) is 28.2 Å². The minimum atomic E-state index is 0.605. The molecular formula is C103H168N20+20. The van der Waals surface area contributed by atoms with Crippen LogP contribution in [0.25, 0.3) is 0 Å². The van der Waals surface area contributed by atoms with Crippen molar-refractivity contribution in [2.24, 2.45) is 0 Å². The topological polar surface area (TPSA) is 283 Å². The first-order valence-corrected chi connectivity index (χ1v) is 41.9. The van der Waals surface area contributed by atoms with Crippen LogP contribution in [0.4, 0.5) is 0 Å². The third-order valence-electron chi connectivity index (χ3n) is 22.4. The maximum Gasteiger partial charge on any atom is 0.460 e. The summed E-state index contributed by atoms with van der Waals surface area (Å²) in [6.45, 7) is 87.6. The fourth-order valence-electron chi connectivity index (χ4n) is 10.8. The summed E-state index contributed by atoms with van der Waals surface area (Å²) in [7, 11) is 0. The van der Waals surface area contributed by atoms with E-state index < -0.39 is 0 Å². The molecule has 0 unspecified atom stereocenters. The lowest BCUT2D eigenvalue weighted by molar-refractivity contribution is -0.554. The van der Waals surface area contributed by atoms with Gasteiger partial charge in [-0.15, -0.1) is 0 Å². The molecule has 13 heterocycles. The second kappa shape index (κ2) is 54.1. The Morgan fingerprint density at radius 1 is 0.154 bits per heavy atom. The molecule has 0 saturated carbocycles. The molecule has 0 saturated heterocycles. The second-order valence-corrected chi connectivity index (χ2v) is 31.9. The van der Waals surface area contributed by atoms with Gasteiger partial charge in [-0.1, -0.05) is 0 Å². The molecule has 0 spiro atoms. The van der Waals surface area contributed by atoms with Crippen molar-refractivity contribution in [3.05, 3.63) is 334 Å². The lowest BCUT2D eigenvalue weighted by Crippen LogP contribution is -2.28. The Morgan fingerprint density at radius 2 is 0.439 bits per heavy atom. The average molecular weight is 1730 g/mol. The predicted octanol–water partition coefficient (Wildman–Crippen LogP) is 12.1. The molecule has 20 N–H and O–H groups in total. The molecule has 0 radical (unpaired) electrons. The molecule has 0 aliphatic carbocycles. The van der Waals surface area contributed by atoms with Crippen LogP contribution < -0.4 is 99.5 Å². The minimum Gasteiger partial charge on any atom is -0.217 e. The third kappa shape index (κ3) is 39.0. The van der Waals surface area contributed by atoms with Gasteiger partial charge >= 0.3 is 52.5 Å². The van der Waals surface area contributed by atoms with Gasteiger partial charge in [0, 0.05) is 227 Å². The fourth-order valence-corrected chi connectivity index (χ4v) is 10.8. The van der Waals surface area contributed by atoms with Crippen molar-refractivity contribution in [2.75, 3.05) is 0 Å². The van der Waals surface area contributed by atoms with Gasteiger partial charge in [-0.25, -0.2) is 59.7 Å². The Balaban J connectivity index is 0.000000775. The van der Waals surface area contributed by atoms with Gasteiger partial charge in [0.2, 0.25) is 69.8 Å². The van der Waals surface area contributed by atoms with Gasteiger partial charge in [0.25, 0.3) is 0 Å². The van der Waals surface area contributed by atoms with Crippen molar-refractivity contribution in [3.8, 4) is 0 Å². The van der Waals surface area contributed by atoms with E-state index >= 15 is 0 Å². The molecule has 0 atom stereocenters. The van der Waals surface area contributed by atoms with Crippen LogP contribution in [0.1, 0.15) is 254 Å². The Hall–Kier alpha value is -11.5. The van der Waals surface area contributed by atoms with Crippen LogP contribution in [0, 0.1) is 312 Å². The van der Waals surface area contributed by atoms with Crippen LogP contribution in [0.15, 0.2) is 80.6 Å². The predicted molar refractivity (Wildman–Crippen MR) is 488 cm³/mol. The van der Waals surface area contributed by atoms with E-state index in [1.165, 1.54) is 209 Å². The molecule has 13 aromatic rings. The summed E-state index contributed by atoms with van der Waals surface area (Å²) < 4.78 is 149. The molecule has 0 aliphatic heterocycles. The van der Waals surface area contributed by atoms with Crippen molar-refractivity contribution in [1.82, 2.24) is 0 Å². The zero-order chi connectivity index (χ0) is 112. The van der Waals surface area contributed by atoms with E-state index in [1.807, 2.05) is 252 Å². The molecule has 13 aromatic heterocycles. The molecule has 0 amide bonds. The first kappa shape index (κ1) is 78.7. The van der Waals surface area contributed by atoms with Gasteiger partial charge in [-0.2, -0.15) is 39.8 Å². The number of nitrogens with one attached hydrogen (secondary N) is 20. The molecule has 20 nitrogen and oxygen atoms in total. The van der Waals surface area contributed by atoms with Crippen LogP contribution in [0.3, 0.4) is 0 Å². The lowest BCUT2D eigenvalue weighted by atomic mass is 10.0. The molecule has 20 heteroatoms. The number of H-pyrrole nitrogens is 20. The SMILES string of the molecule is [3H][n+]1c(C)c(C)[n+]([3H])c(C)c1C.[3H][n+]1c(C)c(C)c(C)[n+]([3H])c1C.[3H][n+]1c(C)c(C)c(C)c(C)c1C.[3H][n+]1c(C)cc(C)c(C)c1C.[3H][n+]1c(C)cc(C)c(C)c1C.[3H][n+]1c[n+]([3H])c(C)c(C)c1C.[3H][n+]1cc(C)[n+]([3H])c(C)c1C.[3H][n+]1cc(C)c(C)[n+]([3H])c1.[3H][n+]1cc(C)c(C)[n+]([3H])c1C.[3H][n+]1cc(C)c(C)c(C)c1.[3H][n+]1cc(C)c(C)c(C)c1C.[3H][n+]1cc(C)c(C)c(C)c1C.[3H][n+]1cc[n+]([3H])c(C)c1C. The lowest BCUT2D eigenvalue weighted by Gasteiger charge is -2.03. The zero-order valence-electron chi connectivity index (χ0n) is 104. The van der Waals surface area contributed by atoms with Crippen LogP contribution in [0.2, 0.25) is 28.2 Å². The van der Waals surface area contributed by atoms with Crippen molar-refractivity contribution >= 4 is 0 Å². The highest BCUT2D eigenvalue weighted by Gasteiger charge is 2.17. The largest absolute Gasteiger partial charge is 0.460 e. The van der Waals surface area contributed by atoms with E-state index in [-0.39, 0.29) is 0 Å². The van der Waals surface area contributed by atoms with Crippen LogP contribution in [0.5, 0.6) is 0 Å². The standard InChI is InChI=1S/C10H15N.4C9H13N.2C8H12N2.C8H11N.3C7H10N2.2C6H8N2/c1-6-7(2)9(4)11-10(5)8(6)3;2*1-6-5-10-9(4)8(3)7(6)2;2*1-6-5-7(2)10-9(4)8(6)3;1-5-6(2)10-8(4)7(3)9-5;1-5-6(2)9-8(4)10-7(5)3;1-6-4-9-5-7(2)8(6)3;1-5-6(2)8-4-9-7(5)3;1-5-4-8-6(2)7(3)9-5;1-5-4-8-7(3)9-6(5)2;1-5-3-7-4-8-6(5)2;1-5-6(2)8-4-3-7-5/h1-5H3;4*5H,1-4H3;2*1-4H3;4-5H,1-3H3;3*4H,1-3H3;2*3-4H,1-2H3/p+20/i/hT20. The van der Waals surface area contributed by atoms with Crippen molar-refractivity contribution in [3.63, 3.8) is 0 Å². The van der Waals surface area contributed by atoms with Crippen molar-refractivity contribution < 1.29 is 128 Å². The third-order valence-corrected chi connectivity index (χ3v) is 22.4. The summed E-state index contributed by atoms with van der Waals surface area (Å²) in [5.41, 5.74) is 44.3. The highest BCUT2D eigenvalue weighted by Crippen LogP contribution is 2.16. The highest BCUT2D eigenvalue weighted by molar-refractivity contribution is 5.34. The fraction of sp³-hybridized carbons (Fsp3) is 0.437. The van der Waals surface area contributed by atoms with Gasteiger partial charge in [-0.05, 0) is 172 Å². The smallest absolute Gasteiger partial charge is 0.217 e. The van der Waals surface area contributed by atoms with Crippen molar-refractivity contribution in [1.29, 1.82) is 0 Å². The molecule has 0 aliphatic rings. The molecular weight excluding hydrogens is 1520 g/mol. The summed E-state index contributed by atoms with van der Waals surface area (Å²) in [4.78, 5) is 26.3. The number of pyridine rings is 6. The Morgan fingerprint density at radius 3 is 0.846 bits per heavy atom. The van der Waals surface area contributed by atoms with Crippen LogP contribution in [-0.2, 0) is 0 Å². The molecule has 0 bridgehead atoms. The maximum atomic E-state index is 7.74. The first-order chi connectivity index (χ1) is 65.5. The van der Waals surface area contributed by atoms with E-state index in [9.17, 15) is 0 Å². The summed E-state index contributed by atoms with van der Waals surface area (Å²) in [5.74, 6) is 1.23. The molecule has 13 rings (SSSR count). The van der Waals surface area contributed by atoms with Crippen molar-refractivity contribution in [2.45, 2.75) is 312 Å². The quantitative estimate of drug-likeness (QED) is 0.137. The Kier molecular flexibility index (Phi) is 34.6. The number of hydrogen-bond acceptors (Lipinski definition) is 0. The van der Waals surface area contributed by atoms with E-state index in [1.54, 1.807) is 32.4 Å². The van der Waals surface area contributed by atoms with E-state index in [0.717, 1.165) is 158 Å². The Labute approximate surface area is 770 Å². The monoisotopic (exact) mass is 1730 g/mol. The van der Waals surface area contributed by atoms with Gasteiger partial charge in [-0.3, -0.25) is 0 Å². The summed E-state index contributed by atoms with van der Waals surface area (Å²) in [6.07, 6.45) is 18.2.